The largest absolute Gasteiger partial charge is 0.484 e. The molecule has 0 radical (unpaired) electrons. The van der Waals surface area contributed by atoms with Crippen LogP contribution in [0, 0.1) is 17.2 Å². The molecule has 1 heterocycles. The molecule has 11 heteroatoms. The Hall–Kier alpha value is -2.07. The van der Waals surface area contributed by atoms with Crippen molar-refractivity contribution in [3.05, 3.63) is 29.0 Å². The van der Waals surface area contributed by atoms with Gasteiger partial charge in [0.25, 0.3) is 5.91 Å². The molecular formula is C21H24ClF4N3O3. The lowest BCUT2D eigenvalue weighted by Gasteiger charge is -2.69. The van der Waals surface area contributed by atoms with Crippen molar-refractivity contribution < 1.29 is 31.9 Å². The fourth-order valence-corrected chi connectivity index (χ4v) is 5.12. The first kappa shape index (κ1) is 23.1. The number of carbonyl (C=O) groups excluding carboxylic acids is 2. The zero-order chi connectivity index (χ0) is 23.1. The lowest BCUT2D eigenvalue weighted by Crippen LogP contribution is -2.78. The van der Waals surface area contributed by atoms with Gasteiger partial charge < -0.3 is 20.7 Å². The molecule has 0 spiro atoms. The van der Waals surface area contributed by atoms with Crippen molar-refractivity contribution in [2.24, 2.45) is 11.3 Å². The van der Waals surface area contributed by atoms with Crippen molar-refractivity contribution >= 4 is 23.4 Å². The summed E-state index contributed by atoms with van der Waals surface area (Å²) in [7, 11) is 0. The van der Waals surface area contributed by atoms with Crippen LogP contribution in [0.2, 0.25) is 5.02 Å². The van der Waals surface area contributed by atoms with E-state index in [0.717, 1.165) is 6.07 Å². The van der Waals surface area contributed by atoms with Crippen LogP contribution >= 0.6 is 11.6 Å². The molecule has 4 aliphatic rings. The second kappa shape index (κ2) is 8.37. The van der Waals surface area contributed by atoms with E-state index in [1.165, 1.54) is 12.1 Å². The van der Waals surface area contributed by atoms with Crippen LogP contribution < -0.4 is 20.7 Å². The molecule has 1 aromatic rings. The van der Waals surface area contributed by atoms with Gasteiger partial charge in [-0.05, 0) is 50.2 Å². The van der Waals surface area contributed by atoms with E-state index in [-0.39, 0.29) is 48.1 Å². The number of benzene rings is 1. The van der Waals surface area contributed by atoms with Gasteiger partial charge in [0.15, 0.2) is 6.61 Å². The molecule has 2 atom stereocenters. The van der Waals surface area contributed by atoms with Crippen molar-refractivity contribution in [1.29, 1.82) is 0 Å². The average Bonchev–Trinajstić information content (AvgIpc) is 2.68. The normalized spacial score (nSPS) is 31.2. The van der Waals surface area contributed by atoms with E-state index in [9.17, 15) is 27.2 Å². The number of hydrogen-bond donors (Lipinski definition) is 3. The van der Waals surface area contributed by atoms with Crippen molar-refractivity contribution in [3.63, 3.8) is 0 Å². The number of alkyl halides is 3. The van der Waals surface area contributed by atoms with E-state index in [1.54, 1.807) is 0 Å². The molecule has 0 aromatic heterocycles. The van der Waals surface area contributed by atoms with Crippen LogP contribution in [0.25, 0.3) is 0 Å². The Morgan fingerprint density at radius 3 is 2.53 bits per heavy atom. The minimum Gasteiger partial charge on any atom is -0.484 e. The summed E-state index contributed by atoms with van der Waals surface area (Å²) in [4.78, 5) is 24.7. The molecule has 6 nitrogen and oxygen atoms in total. The van der Waals surface area contributed by atoms with Crippen LogP contribution in [-0.2, 0) is 9.59 Å². The third kappa shape index (κ3) is 4.66. The van der Waals surface area contributed by atoms with Gasteiger partial charge >= 0.3 is 6.18 Å². The third-order valence-electron chi connectivity index (χ3n) is 6.64. The van der Waals surface area contributed by atoms with Crippen molar-refractivity contribution in [2.75, 3.05) is 19.7 Å². The summed E-state index contributed by atoms with van der Waals surface area (Å²) in [6.07, 6.45) is -2.27. The van der Waals surface area contributed by atoms with E-state index in [2.05, 4.69) is 16.0 Å². The van der Waals surface area contributed by atoms with Gasteiger partial charge in [-0.25, -0.2) is 4.39 Å². The number of hydrogen-bond acceptors (Lipinski definition) is 4. The Morgan fingerprint density at radius 2 is 1.94 bits per heavy atom. The zero-order valence-corrected chi connectivity index (χ0v) is 17.9. The average molecular weight is 478 g/mol. The molecule has 3 saturated carbocycles. The summed E-state index contributed by atoms with van der Waals surface area (Å²) in [5.41, 5.74) is -0.931. The molecule has 3 aliphatic carbocycles. The van der Waals surface area contributed by atoms with E-state index in [0.29, 0.717) is 32.2 Å². The Labute approximate surface area is 187 Å². The molecule has 2 bridgehead atoms. The second-order valence-corrected chi connectivity index (χ2v) is 9.57. The maximum atomic E-state index is 13.4. The number of carbonyl (C=O) groups is 2. The number of ether oxygens (including phenoxy) is 1. The molecule has 2 amide bonds. The van der Waals surface area contributed by atoms with Crippen LogP contribution in [0.15, 0.2) is 18.2 Å². The molecule has 1 aliphatic heterocycles. The Bertz CT molecular complexity index is 883. The quantitative estimate of drug-likeness (QED) is 0.528. The summed E-state index contributed by atoms with van der Waals surface area (Å²) in [5, 5.41) is 8.21. The smallest absolute Gasteiger partial charge is 0.403 e. The van der Waals surface area contributed by atoms with Crippen molar-refractivity contribution in [1.82, 2.24) is 16.0 Å². The van der Waals surface area contributed by atoms with E-state index >= 15 is 0 Å². The highest BCUT2D eigenvalue weighted by Gasteiger charge is 2.72. The highest BCUT2D eigenvalue weighted by molar-refractivity contribution is 6.30. The fraction of sp³-hybridized carbons (Fsp3) is 0.619. The standard InChI is InChI=1S/C21H24ClF4N3O3/c22-14-3-2-13(5-15(14)23)32-8-17(30)29-20-9-19(10-20,11-20)18(31)28-7-12-1-4-16(27-6-12)21(24,25)26/h2-3,5,12,16,27H,1,4,6-11H2,(H,28,31)(H,29,30). The molecule has 4 fully saturated rings. The molecule has 1 saturated heterocycles. The minimum atomic E-state index is -4.24. The van der Waals surface area contributed by atoms with Gasteiger partial charge in [-0.3, -0.25) is 9.59 Å². The summed E-state index contributed by atoms with van der Waals surface area (Å²) in [6.45, 7) is 0.271. The Kier molecular flexibility index (Phi) is 6.04. The van der Waals surface area contributed by atoms with Gasteiger partial charge in [-0.2, -0.15) is 13.2 Å². The van der Waals surface area contributed by atoms with Crippen LogP contribution in [0.1, 0.15) is 32.1 Å². The Morgan fingerprint density at radius 1 is 1.22 bits per heavy atom. The van der Waals surface area contributed by atoms with Gasteiger partial charge in [-0.1, -0.05) is 11.6 Å². The number of rotatable bonds is 7. The summed E-state index contributed by atoms with van der Waals surface area (Å²) in [5.74, 6) is -0.954. The summed E-state index contributed by atoms with van der Waals surface area (Å²) in [6, 6.07) is 2.43. The second-order valence-electron chi connectivity index (χ2n) is 9.16. The van der Waals surface area contributed by atoms with Crippen LogP contribution in [0.4, 0.5) is 17.6 Å². The predicted octanol–water partition coefficient (Wildman–Crippen LogP) is 2.94. The molecule has 5 rings (SSSR count). The van der Waals surface area contributed by atoms with Crippen molar-refractivity contribution in [3.8, 4) is 5.75 Å². The van der Waals surface area contributed by atoms with Crippen LogP contribution in [0.5, 0.6) is 5.75 Å². The number of piperidine rings is 1. The van der Waals surface area contributed by atoms with Gasteiger partial charge in [0.1, 0.15) is 17.6 Å². The third-order valence-corrected chi connectivity index (χ3v) is 6.95. The monoisotopic (exact) mass is 477 g/mol. The molecule has 1 aromatic carbocycles. The van der Waals surface area contributed by atoms with Crippen LogP contribution in [0.3, 0.4) is 0 Å². The van der Waals surface area contributed by atoms with Gasteiger partial charge in [0.2, 0.25) is 5.91 Å². The zero-order valence-electron chi connectivity index (χ0n) is 17.2. The van der Waals surface area contributed by atoms with E-state index in [4.69, 9.17) is 16.3 Å². The highest BCUT2D eigenvalue weighted by Crippen LogP contribution is 2.67. The van der Waals surface area contributed by atoms with E-state index < -0.39 is 29.0 Å². The molecule has 2 unspecified atom stereocenters. The number of nitrogens with one attached hydrogen (secondary N) is 3. The first-order valence-corrected chi connectivity index (χ1v) is 10.9. The maximum absolute atomic E-state index is 13.4. The van der Waals surface area contributed by atoms with Gasteiger partial charge in [0, 0.05) is 24.7 Å². The first-order chi connectivity index (χ1) is 15.0. The Balaban J connectivity index is 1.15. The minimum absolute atomic E-state index is 0.00898. The van der Waals surface area contributed by atoms with Gasteiger partial charge in [0.05, 0.1) is 10.4 Å². The number of halogens is 5. The highest BCUT2D eigenvalue weighted by atomic mass is 35.5. The topological polar surface area (TPSA) is 79.5 Å². The van der Waals surface area contributed by atoms with Crippen LogP contribution in [-0.4, -0.2) is 49.3 Å². The molecule has 3 N–H and O–H groups in total. The molecule has 32 heavy (non-hydrogen) atoms. The molecule has 176 valence electrons. The fourth-order valence-electron chi connectivity index (χ4n) is 5.00. The summed E-state index contributed by atoms with van der Waals surface area (Å²) >= 11 is 5.60. The lowest BCUT2D eigenvalue weighted by molar-refractivity contribution is -0.184. The van der Waals surface area contributed by atoms with E-state index in [1.807, 2.05) is 0 Å². The SMILES string of the molecule is O=C(COc1ccc(Cl)c(F)c1)NC12CC(C(=O)NCC3CCC(C(F)(F)F)NC3)(C1)C2. The number of amides is 2. The van der Waals surface area contributed by atoms with Crippen molar-refractivity contribution in [2.45, 2.75) is 49.9 Å². The molecular weight excluding hydrogens is 454 g/mol. The first-order valence-electron chi connectivity index (χ1n) is 10.5. The summed E-state index contributed by atoms with van der Waals surface area (Å²) < 4.78 is 56.8. The lowest BCUT2D eigenvalue weighted by atomic mass is 9.39. The maximum Gasteiger partial charge on any atom is 0.403 e. The van der Waals surface area contributed by atoms with Gasteiger partial charge in [-0.15, -0.1) is 0 Å². The predicted molar refractivity (Wildman–Crippen MR) is 108 cm³/mol.